The van der Waals surface area contributed by atoms with Crippen molar-refractivity contribution in [1.29, 1.82) is 0 Å². The normalized spacial score (nSPS) is 14.9. The van der Waals surface area contributed by atoms with E-state index in [1.54, 1.807) is 6.33 Å². The highest BCUT2D eigenvalue weighted by Gasteiger charge is 2.20. The minimum atomic E-state index is 0.466. The van der Waals surface area contributed by atoms with Crippen molar-refractivity contribution in [1.82, 2.24) is 15.0 Å². The molecule has 0 spiro atoms. The first-order chi connectivity index (χ1) is 13.8. The molecule has 1 aliphatic carbocycles. The van der Waals surface area contributed by atoms with Gasteiger partial charge < -0.3 is 21.1 Å². The summed E-state index contributed by atoms with van der Waals surface area (Å²) in [6, 6.07) is 8.25. The van der Waals surface area contributed by atoms with Gasteiger partial charge in [0.05, 0.1) is 6.61 Å². The largest absolute Gasteiger partial charge is 0.494 e. The van der Waals surface area contributed by atoms with E-state index in [1.165, 1.54) is 32.1 Å². The third kappa shape index (κ3) is 4.51. The number of nitrogens with two attached hydrogens (primary N) is 1. The summed E-state index contributed by atoms with van der Waals surface area (Å²) >= 11 is 0. The van der Waals surface area contributed by atoms with Crippen molar-refractivity contribution >= 4 is 28.6 Å². The van der Waals surface area contributed by atoms with Gasteiger partial charge in [0, 0.05) is 11.7 Å². The predicted octanol–water partition coefficient (Wildman–Crippen LogP) is 2.99. The van der Waals surface area contributed by atoms with Crippen LogP contribution in [0.4, 0.5) is 17.5 Å². The predicted molar refractivity (Wildman–Crippen MR) is 110 cm³/mol. The number of fused-ring (bicyclic) bond motifs is 1. The topological polar surface area (TPSA) is 115 Å². The van der Waals surface area contributed by atoms with E-state index in [2.05, 4.69) is 25.6 Å². The van der Waals surface area contributed by atoms with Gasteiger partial charge in [0.2, 0.25) is 5.52 Å². The monoisotopic (exact) mass is 382 g/mol. The fraction of sp³-hybridized carbons (Fsp3) is 0.450. The molecule has 4 rings (SSSR count). The van der Waals surface area contributed by atoms with Gasteiger partial charge in [-0.15, -0.1) is 0 Å². The summed E-state index contributed by atoms with van der Waals surface area (Å²) in [5, 5.41) is 6.89. The number of aromatic amines is 2. The third-order valence-electron chi connectivity index (χ3n) is 5.01. The van der Waals surface area contributed by atoms with Gasteiger partial charge in [-0.25, -0.2) is 4.98 Å². The summed E-state index contributed by atoms with van der Waals surface area (Å²) in [7, 11) is 0. The zero-order chi connectivity index (χ0) is 19.2. The van der Waals surface area contributed by atoms with E-state index in [0.717, 1.165) is 34.8 Å². The lowest BCUT2D eigenvalue weighted by Gasteiger charge is -2.23. The number of imidazole rings is 1. The van der Waals surface area contributed by atoms with Crippen LogP contribution in [0.1, 0.15) is 38.5 Å². The second kappa shape index (κ2) is 8.88. The van der Waals surface area contributed by atoms with Crippen LogP contribution in [0.3, 0.4) is 0 Å². The molecule has 2 aromatic heterocycles. The molecule has 2 heterocycles. The molecule has 0 saturated heterocycles. The number of rotatable bonds is 8. The van der Waals surface area contributed by atoms with Gasteiger partial charge in [-0.2, -0.15) is 4.98 Å². The second-order valence-corrected chi connectivity index (χ2v) is 7.17. The van der Waals surface area contributed by atoms with Gasteiger partial charge in [0.25, 0.3) is 0 Å². The zero-order valence-corrected chi connectivity index (χ0v) is 16.0. The lowest BCUT2D eigenvalue weighted by molar-refractivity contribution is -0.347. The van der Waals surface area contributed by atoms with Crippen molar-refractivity contribution in [3.63, 3.8) is 0 Å². The van der Waals surface area contributed by atoms with Crippen molar-refractivity contribution < 1.29 is 9.72 Å². The maximum atomic E-state index is 5.64. The fourth-order valence-electron chi connectivity index (χ4n) is 3.52. The van der Waals surface area contributed by atoms with Crippen LogP contribution >= 0.6 is 0 Å². The molecule has 0 bridgehead atoms. The molecular weight excluding hydrogens is 354 g/mol. The molecule has 1 fully saturated rings. The Balaban J connectivity index is 1.48. The first kappa shape index (κ1) is 18.5. The summed E-state index contributed by atoms with van der Waals surface area (Å²) in [5.41, 5.74) is 8.08. The molecule has 0 unspecified atom stereocenters. The van der Waals surface area contributed by atoms with Crippen LogP contribution in [0.15, 0.2) is 30.6 Å². The Morgan fingerprint density at radius 2 is 1.96 bits per heavy atom. The lowest BCUT2D eigenvalue weighted by Crippen LogP contribution is -2.23. The Labute approximate surface area is 164 Å². The summed E-state index contributed by atoms with van der Waals surface area (Å²) in [4.78, 5) is 15.6. The van der Waals surface area contributed by atoms with E-state index >= 15 is 0 Å². The molecule has 6 N–H and O–H groups in total. The van der Waals surface area contributed by atoms with Crippen LogP contribution < -0.4 is 26.1 Å². The number of hydrogen-bond acceptors (Lipinski definition) is 6. The number of nitrogens with one attached hydrogen (secondary N) is 4. The van der Waals surface area contributed by atoms with Crippen molar-refractivity contribution in [3.8, 4) is 5.75 Å². The smallest absolute Gasteiger partial charge is 0.307 e. The van der Waals surface area contributed by atoms with Crippen molar-refractivity contribution in [2.24, 2.45) is 5.73 Å². The van der Waals surface area contributed by atoms with E-state index in [1.807, 2.05) is 24.3 Å². The Kier molecular flexibility index (Phi) is 5.86. The molecule has 8 nitrogen and oxygen atoms in total. The van der Waals surface area contributed by atoms with E-state index < -0.39 is 0 Å². The number of anilines is 3. The molecule has 28 heavy (non-hydrogen) atoms. The molecule has 1 aromatic carbocycles. The average molecular weight is 382 g/mol. The second-order valence-electron chi connectivity index (χ2n) is 7.17. The van der Waals surface area contributed by atoms with Gasteiger partial charge in [-0.3, -0.25) is 4.98 Å². The highest BCUT2D eigenvalue weighted by Crippen LogP contribution is 2.25. The summed E-state index contributed by atoms with van der Waals surface area (Å²) < 4.78 is 5.64. The molecule has 0 aliphatic heterocycles. The van der Waals surface area contributed by atoms with Crippen LogP contribution in [0, 0.1) is 0 Å². The molecule has 8 heteroatoms. The van der Waals surface area contributed by atoms with Crippen molar-refractivity contribution in [3.05, 3.63) is 30.6 Å². The molecule has 0 amide bonds. The first-order valence-corrected chi connectivity index (χ1v) is 10.0. The summed E-state index contributed by atoms with van der Waals surface area (Å²) in [6.45, 7) is 1.26. The third-order valence-corrected chi connectivity index (χ3v) is 5.01. The van der Waals surface area contributed by atoms with Crippen molar-refractivity contribution in [2.75, 3.05) is 23.8 Å². The number of nitrogens with zero attached hydrogens (tertiary/aromatic N) is 2. The maximum absolute atomic E-state index is 5.64. The first-order valence-electron chi connectivity index (χ1n) is 10.0. The van der Waals surface area contributed by atoms with Crippen LogP contribution in [0.25, 0.3) is 11.2 Å². The fourth-order valence-corrected chi connectivity index (χ4v) is 3.52. The maximum Gasteiger partial charge on any atom is 0.307 e. The molecule has 3 aromatic rings. The number of benzene rings is 1. The average Bonchev–Trinajstić information content (AvgIpc) is 3.19. The van der Waals surface area contributed by atoms with Crippen LogP contribution in [0.5, 0.6) is 5.75 Å². The van der Waals surface area contributed by atoms with Gasteiger partial charge >= 0.3 is 11.6 Å². The van der Waals surface area contributed by atoms with Gasteiger partial charge in [-0.1, -0.05) is 24.2 Å². The minimum absolute atomic E-state index is 0.466. The molecule has 1 saturated carbocycles. The highest BCUT2D eigenvalue weighted by molar-refractivity contribution is 5.82. The Bertz CT molecular complexity index is 887. The Hall–Kier alpha value is -2.87. The number of ether oxygens (including phenoxy) is 1. The van der Waals surface area contributed by atoms with Crippen LogP contribution in [-0.4, -0.2) is 34.1 Å². The Morgan fingerprint density at radius 3 is 2.75 bits per heavy atom. The standard InChI is InChI=1S/C20H27N7O/c21-11-4-12-28-16-9-7-15(8-10-16)25-20-26-18-17(22-13-23-18)19(27-20)24-14-5-2-1-3-6-14/h7-10,13-14H,1-6,11-12,21H2,(H3,22,23,24,25,26,27)/p+1. The van der Waals surface area contributed by atoms with E-state index in [9.17, 15) is 0 Å². The van der Waals surface area contributed by atoms with Gasteiger partial charge in [0.1, 0.15) is 5.75 Å². The zero-order valence-electron chi connectivity index (χ0n) is 16.0. The summed E-state index contributed by atoms with van der Waals surface area (Å²) in [5.74, 6) is 2.22. The van der Waals surface area contributed by atoms with Gasteiger partial charge in [0.15, 0.2) is 12.1 Å². The molecular formula is C20H28N7O+. The molecule has 0 atom stereocenters. The number of H-pyrrole nitrogens is 2. The molecule has 0 radical (unpaired) electrons. The molecule has 1 aliphatic rings. The molecule has 148 valence electrons. The minimum Gasteiger partial charge on any atom is -0.494 e. The van der Waals surface area contributed by atoms with Crippen molar-refractivity contribution in [2.45, 2.75) is 44.6 Å². The number of hydrogen-bond donors (Lipinski definition) is 4. The number of aromatic nitrogens is 4. The summed E-state index contributed by atoms with van der Waals surface area (Å²) in [6.07, 6.45) is 8.86. The van der Waals surface area contributed by atoms with Crippen LogP contribution in [0.2, 0.25) is 0 Å². The van der Waals surface area contributed by atoms with Crippen LogP contribution in [-0.2, 0) is 0 Å². The SMILES string of the molecule is NCCCOc1ccc(Nc2nc(NC3CCCCC3)c3[nH]c[nH+]c3n2)cc1. The quantitative estimate of drug-likeness (QED) is 0.445. The van der Waals surface area contributed by atoms with E-state index in [0.29, 0.717) is 25.1 Å². The Morgan fingerprint density at radius 1 is 1.14 bits per heavy atom. The lowest BCUT2D eigenvalue weighted by atomic mass is 9.95. The van der Waals surface area contributed by atoms with Gasteiger partial charge in [-0.05, 0) is 50.1 Å². The highest BCUT2D eigenvalue weighted by atomic mass is 16.5. The van der Waals surface area contributed by atoms with E-state index in [-0.39, 0.29) is 0 Å². The van der Waals surface area contributed by atoms with E-state index in [4.69, 9.17) is 15.5 Å².